The van der Waals surface area contributed by atoms with Gasteiger partial charge in [0.2, 0.25) is 5.91 Å². The van der Waals surface area contributed by atoms with Gasteiger partial charge in [-0.05, 0) is 26.8 Å². The summed E-state index contributed by atoms with van der Waals surface area (Å²) in [5.41, 5.74) is 1.16. The molecule has 0 saturated carbocycles. The number of aryl methyl sites for hydroxylation is 1. The Balaban J connectivity index is 2.35. The molecule has 0 saturated heterocycles. The predicted octanol–water partition coefficient (Wildman–Crippen LogP) is 1.97. The first-order valence-electron chi connectivity index (χ1n) is 7.67. The van der Waals surface area contributed by atoms with E-state index in [2.05, 4.69) is 10.4 Å². The summed E-state index contributed by atoms with van der Waals surface area (Å²) in [5, 5.41) is 8.72. The monoisotopic (exact) mass is 312 g/mol. The van der Waals surface area contributed by atoms with Gasteiger partial charge in [-0.1, -0.05) is 18.2 Å². The third-order valence-electron chi connectivity index (χ3n) is 4.00. The van der Waals surface area contributed by atoms with Crippen LogP contribution in [-0.4, -0.2) is 26.3 Å². The Bertz CT molecular complexity index is 952. The van der Waals surface area contributed by atoms with Crippen LogP contribution in [0.1, 0.15) is 26.8 Å². The van der Waals surface area contributed by atoms with E-state index in [4.69, 9.17) is 0 Å². The van der Waals surface area contributed by atoms with Gasteiger partial charge in [-0.15, -0.1) is 0 Å². The molecule has 0 aliphatic carbocycles. The van der Waals surface area contributed by atoms with Gasteiger partial charge in [0.05, 0.1) is 11.7 Å². The molecule has 0 unspecified atom stereocenters. The number of hydrogen-bond donors (Lipinski definition) is 1. The smallest absolute Gasteiger partial charge is 0.291 e. The van der Waals surface area contributed by atoms with Crippen LogP contribution in [-0.2, 0) is 11.8 Å². The molecule has 0 radical (unpaired) electrons. The van der Waals surface area contributed by atoms with Crippen molar-refractivity contribution in [1.82, 2.24) is 19.7 Å². The molecular formula is C17H20N4O2. The number of carbonyl (C=O) groups is 1. The molecule has 0 fully saturated rings. The molecule has 1 atom stereocenters. The number of benzene rings is 1. The zero-order valence-corrected chi connectivity index (χ0v) is 13.7. The molecule has 0 bridgehead atoms. The minimum absolute atomic E-state index is 0.0440. The number of nitrogens with one attached hydrogen (secondary N) is 1. The zero-order chi connectivity index (χ0) is 16.7. The van der Waals surface area contributed by atoms with Crippen molar-refractivity contribution >= 4 is 27.7 Å². The molecule has 2 heterocycles. The molecule has 120 valence electrons. The first-order chi connectivity index (χ1) is 10.9. The fraction of sp³-hybridized carbons (Fsp3) is 0.353. The van der Waals surface area contributed by atoms with Crippen molar-refractivity contribution in [3.63, 3.8) is 0 Å². The molecule has 1 aromatic carbocycles. The lowest BCUT2D eigenvalue weighted by molar-refractivity contribution is -0.124. The number of aromatic nitrogens is 3. The third kappa shape index (κ3) is 2.40. The minimum atomic E-state index is -0.491. The van der Waals surface area contributed by atoms with Crippen LogP contribution in [0.2, 0.25) is 0 Å². The normalized spacial score (nSPS) is 12.9. The van der Waals surface area contributed by atoms with Crippen LogP contribution in [0, 0.1) is 0 Å². The lowest BCUT2D eigenvalue weighted by Crippen LogP contribution is -2.36. The summed E-state index contributed by atoms with van der Waals surface area (Å²) in [4.78, 5) is 25.1. The molecule has 6 heteroatoms. The second kappa shape index (κ2) is 5.53. The van der Waals surface area contributed by atoms with E-state index in [1.54, 1.807) is 13.2 Å². The van der Waals surface area contributed by atoms with Crippen molar-refractivity contribution in [2.75, 3.05) is 0 Å². The van der Waals surface area contributed by atoms with E-state index in [0.29, 0.717) is 5.52 Å². The number of fused-ring (bicyclic) bond motifs is 3. The summed E-state index contributed by atoms with van der Waals surface area (Å²) in [6.07, 6.45) is 1.68. The standard InChI is InChI=1S/C17H20N4O2/c1-10(2)19-16(22)11(3)21-14-8-6-5-7-12(14)13-9-18-20(4)17(23)15(13)21/h5-11H,1-4H3,(H,19,22)/t11-/m0/s1. The van der Waals surface area contributed by atoms with Crippen LogP contribution in [0.4, 0.5) is 0 Å². The molecule has 6 nitrogen and oxygen atoms in total. The highest BCUT2D eigenvalue weighted by atomic mass is 16.2. The number of para-hydroxylation sites is 1. The Labute approximate surface area is 133 Å². The van der Waals surface area contributed by atoms with E-state index in [1.165, 1.54) is 4.68 Å². The van der Waals surface area contributed by atoms with Gasteiger partial charge in [0.15, 0.2) is 0 Å². The van der Waals surface area contributed by atoms with Gasteiger partial charge in [0.1, 0.15) is 11.6 Å². The van der Waals surface area contributed by atoms with Gasteiger partial charge < -0.3 is 9.88 Å². The van der Waals surface area contributed by atoms with Crippen molar-refractivity contribution in [3.05, 3.63) is 40.8 Å². The number of rotatable bonds is 3. The number of carbonyl (C=O) groups excluding carboxylic acids is 1. The second-order valence-corrected chi connectivity index (χ2v) is 6.06. The van der Waals surface area contributed by atoms with Crippen LogP contribution < -0.4 is 10.9 Å². The van der Waals surface area contributed by atoms with E-state index in [0.717, 1.165) is 16.3 Å². The van der Waals surface area contributed by atoms with E-state index in [-0.39, 0.29) is 17.5 Å². The highest BCUT2D eigenvalue weighted by molar-refractivity contribution is 6.08. The fourth-order valence-electron chi connectivity index (χ4n) is 2.91. The Morgan fingerprint density at radius 1 is 1.17 bits per heavy atom. The Morgan fingerprint density at radius 3 is 2.57 bits per heavy atom. The largest absolute Gasteiger partial charge is 0.352 e. The van der Waals surface area contributed by atoms with Crippen molar-refractivity contribution < 1.29 is 4.79 Å². The maximum Gasteiger partial charge on any atom is 0.291 e. The SMILES string of the molecule is CC(C)NC(=O)[C@H](C)n1c2ccccc2c2cnn(C)c(=O)c21. The minimum Gasteiger partial charge on any atom is -0.352 e. The van der Waals surface area contributed by atoms with Gasteiger partial charge in [0.25, 0.3) is 5.56 Å². The molecule has 3 aromatic rings. The van der Waals surface area contributed by atoms with Crippen molar-refractivity contribution in [3.8, 4) is 0 Å². The fourth-order valence-corrected chi connectivity index (χ4v) is 2.91. The zero-order valence-electron chi connectivity index (χ0n) is 13.7. The Hall–Kier alpha value is -2.63. The number of nitrogens with zero attached hydrogens (tertiary/aromatic N) is 3. The second-order valence-electron chi connectivity index (χ2n) is 6.06. The van der Waals surface area contributed by atoms with Crippen LogP contribution in [0.3, 0.4) is 0 Å². The first kappa shape index (κ1) is 15.3. The Morgan fingerprint density at radius 2 is 1.87 bits per heavy atom. The molecule has 0 aliphatic heterocycles. The average molecular weight is 312 g/mol. The lowest BCUT2D eigenvalue weighted by atomic mass is 10.2. The molecular weight excluding hydrogens is 292 g/mol. The van der Waals surface area contributed by atoms with Crippen LogP contribution >= 0.6 is 0 Å². The summed E-state index contributed by atoms with van der Waals surface area (Å²) in [5.74, 6) is -0.110. The van der Waals surface area contributed by atoms with E-state index in [1.807, 2.05) is 49.6 Å². The topological polar surface area (TPSA) is 68.9 Å². The van der Waals surface area contributed by atoms with Crippen LogP contribution in [0.15, 0.2) is 35.3 Å². The van der Waals surface area contributed by atoms with E-state index >= 15 is 0 Å². The molecule has 0 spiro atoms. The quantitative estimate of drug-likeness (QED) is 0.804. The molecule has 1 amide bonds. The van der Waals surface area contributed by atoms with Gasteiger partial charge in [-0.25, -0.2) is 4.68 Å². The molecule has 2 aromatic heterocycles. The summed E-state index contributed by atoms with van der Waals surface area (Å²) in [7, 11) is 1.61. The molecule has 1 N–H and O–H groups in total. The highest BCUT2D eigenvalue weighted by Crippen LogP contribution is 2.29. The van der Waals surface area contributed by atoms with Crippen LogP contribution in [0.5, 0.6) is 0 Å². The van der Waals surface area contributed by atoms with Crippen molar-refractivity contribution in [2.45, 2.75) is 32.9 Å². The summed E-state index contributed by atoms with van der Waals surface area (Å²) in [6.45, 7) is 5.64. The van der Waals surface area contributed by atoms with Gasteiger partial charge in [0, 0.05) is 23.9 Å². The predicted molar refractivity (Wildman–Crippen MR) is 90.5 cm³/mol. The van der Waals surface area contributed by atoms with E-state index in [9.17, 15) is 9.59 Å². The highest BCUT2D eigenvalue weighted by Gasteiger charge is 2.23. The molecule has 23 heavy (non-hydrogen) atoms. The van der Waals surface area contributed by atoms with Crippen molar-refractivity contribution in [1.29, 1.82) is 0 Å². The van der Waals surface area contributed by atoms with Gasteiger partial charge in [-0.3, -0.25) is 9.59 Å². The van der Waals surface area contributed by atoms with Gasteiger partial charge >= 0.3 is 0 Å². The maximum absolute atomic E-state index is 12.6. The average Bonchev–Trinajstić information content (AvgIpc) is 2.84. The first-order valence-corrected chi connectivity index (χ1v) is 7.67. The van der Waals surface area contributed by atoms with Crippen molar-refractivity contribution in [2.24, 2.45) is 7.05 Å². The number of hydrogen-bond acceptors (Lipinski definition) is 3. The summed E-state index contributed by atoms with van der Waals surface area (Å²) >= 11 is 0. The molecule has 3 rings (SSSR count). The van der Waals surface area contributed by atoms with Gasteiger partial charge in [-0.2, -0.15) is 5.10 Å². The maximum atomic E-state index is 12.6. The summed E-state index contributed by atoms with van der Waals surface area (Å²) in [6, 6.07) is 7.25. The lowest BCUT2D eigenvalue weighted by Gasteiger charge is -2.18. The van der Waals surface area contributed by atoms with E-state index < -0.39 is 6.04 Å². The number of amides is 1. The summed E-state index contributed by atoms with van der Waals surface area (Å²) < 4.78 is 3.11. The van der Waals surface area contributed by atoms with Crippen LogP contribution in [0.25, 0.3) is 21.8 Å². The Kier molecular flexibility index (Phi) is 3.67. The third-order valence-corrected chi connectivity index (χ3v) is 4.00. The molecule has 0 aliphatic rings.